The van der Waals surface area contributed by atoms with Gasteiger partial charge in [0.15, 0.2) is 0 Å². The third kappa shape index (κ3) is 5.27. The van der Waals surface area contributed by atoms with Crippen molar-refractivity contribution in [3.05, 3.63) is 41.7 Å². The highest BCUT2D eigenvalue weighted by Gasteiger charge is 2.55. The number of halogens is 1. The van der Waals surface area contributed by atoms with Gasteiger partial charge in [0.1, 0.15) is 11.4 Å². The van der Waals surface area contributed by atoms with Crippen LogP contribution in [0.2, 0.25) is 0 Å². The molecule has 4 rings (SSSR count). The van der Waals surface area contributed by atoms with Gasteiger partial charge in [0.25, 0.3) is 5.91 Å². The molecule has 1 aromatic carbocycles. The Hall–Kier alpha value is -2.74. The van der Waals surface area contributed by atoms with Crippen molar-refractivity contribution in [1.82, 2.24) is 20.0 Å². The minimum Gasteiger partial charge on any atom is -0.339 e. The number of urea groups is 1. The molecule has 2 atom stereocenters. The molecular formula is C27H37FN4O3. The Morgan fingerprint density at radius 1 is 1.17 bits per heavy atom. The van der Waals surface area contributed by atoms with Crippen molar-refractivity contribution in [2.75, 3.05) is 33.2 Å². The first kappa shape index (κ1) is 25.4. The summed E-state index contributed by atoms with van der Waals surface area (Å²) < 4.78 is 13.8. The maximum absolute atomic E-state index is 13.8. The van der Waals surface area contributed by atoms with Crippen molar-refractivity contribution >= 4 is 23.9 Å². The molecule has 0 unspecified atom stereocenters. The molecule has 0 aromatic heterocycles. The molecule has 190 valence electrons. The molecule has 35 heavy (non-hydrogen) atoms. The molecule has 0 spiro atoms. The zero-order chi connectivity index (χ0) is 25.0. The Balaban J connectivity index is 1.38. The normalized spacial score (nSPS) is 26.2. The predicted octanol–water partition coefficient (Wildman–Crippen LogP) is 3.65. The third-order valence-electron chi connectivity index (χ3n) is 8.02. The van der Waals surface area contributed by atoms with Crippen LogP contribution in [-0.2, 0) is 9.59 Å². The van der Waals surface area contributed by atoms with Crippen molar-refractivity contribution in [3.63, 3.8) is 0 Å². The molecule has 7 nitrogen and oxygen atoms in total. The van der Waals surface area contributed by atoms with Gasteiger partial charge in [-0.2, -0.15) is 0 Å². The molecule has 3 heterocycles. The Kier molecular flexibility index (Phi) is 7.89. The first-order valence-electron chi connectivity index (χ1n) is 12.9. The number of piperidine rings is 1. The Bertz CT molecular complexity index is 975. The molecule has 0 saturated carbocycles. The number of carbonyl (C=O) groups is 3. The van der Waals surface area contributed by atoms with Gasteiger partial charge in [-0.15, -0.1) is 0 Å². The van der Waals surface area contributed by atoms with Crippen LogP contribution >= 0.6 is 0 Å². The van der Waals surface area contributed by atoms with E-state index in [2.05, 4.69) is 17.3 Å². The monoisotopic (exact) mass is 484 g/mol. The predicted molar refractivity (Wildman–Crippen MR) is 133 cm³/mol. The van der Waals surface area contributed by atoms with Gasteiger partial charge in [-0.25, -0.2) is 9.18 Å². The second-order valence-corrected chi connectivity index (χ2v) is 10.1. The summed E-state index contributed by atoms with van der Waals surface area (Å²) in [6.07, 6.45) is 8.66. The summed E-state index contributed by atoms with van der Waals surface area (Å²) in [4.78, 5) is 44.7. The van der Waals surface area contributed by atoms with E-state index >= 15 is 0 Å². The number of amides is 4. The highest BCUT2D eigenvalue weighted by atomic mass is 19.1. The van der Waals surface area contributed by atoms with Crippen molar-refractivity contribution in [3.8, 4) is 0 Å². The van der Waals surface area contributed by atoms with E-state index < -0.39 is 5.54 Å². The molecular weight excluding hydrogens is 447 g/mol. The zero-order valence-corrected chi connectivity index (χ0v) is 20.8. The average molecular weight is 485 g/mol. The van der Waals surface area contributed by atoms with Gasteiger partial charge in [-0.3, -0.25) is 14.5 Å². The van der Waals surface area contributed by atoms with Crippen LogP contribution in [0.15, 0.2) is 30.3 Å². The summed E-state index contributed by atoms with van der Waals surface area (Å²) >= 11 is 0. The number of carbonyl (C=O) groups excluding carboxylic acids is 3. The summed E-state index contributed by atoms with van der Waals surface area (Å²) in [5, 5.41) is 3.09. The van der Waals surface area contributed by atoms with Gasteiger partial charge in [0, 0.05) is 37.3 Å². The van der Waals surface area contributed by atoms with E-state index in [1.165, 1.54) is 23.1 Å². The van der Waals surface area contributed by atoms with Gasteiger partial charge in [0.2, 0.25) is 5.91 Å². The number of rotatable bonds is 8. The van der Waals surface area contributed by atoms with Crippen molar-refractivity contribution in [2.45, 2.75) is 63.5 Å². The standard InChI is InChI=1S/C27H37FN4O3/c1-3-15-27(25(34)32(26(35)29-27)19-14-22-8-6-16-30(22)2)21-12-17-31(18-13-21)24(33)11-10-20-7-4-5-9-23(20)28/h4-5,7,9-11,21-22H,3,6,8,12-19H2,1-2H3,(H,29,35)/b11-10+/t22-,27-/m0/s1. The van der Waals surface area contributed by atoms with Crippen molar-refractivity contribution < 1.29 is 18.8 Å². The van der Waals surface area contributed by atoms with Crippen LogP contribution in [0.3, 0.4) is 0 Å². The minimum absolute atomic E-state index is 0.0161. The zero-order valence-electron chi connectivity index (χ0n) is 20.8. The number of imide groups is 1. The van der Waals surface area contributed by atoms with Gasteiger partial charge >= 0.3 is 6.03 Å². The number of nitrogens with one attached hydrogen (secondary N) is 1. The molecule has 3 aliphatic heterocycles. The van der Waals surface area contributed by atoms with E-state index in [4.69, 9.17) is 0 Å². The fraction of sp³-hybridized carbons (Fsp3) is 0.593. The first-order chi connectivity index (χ1) is 16.9. The van der Waals surface area contributed by atoms with Crippen molar-refractivity contribution in [2.24, 2.45) is 5.92 Å². The van der Waals surface area contributed by atoms with Crippen molar-refractivity contribution in [1.29, 1.82) is 0 Å². The van der Waals surface area contributed by atoms with E-state index in [0.717, 1.165) is 32.2 Å². The molecule has 0 aliphatic carbocycles. The molecule has 4 amide bonds. The number of benzene rings is 1. The van der Waals surface area contributed by atoms with E-state index in [-0.39, 0.29) is 29.6 Å². The summed E-state index contributed by atoms with van der Waals surface area (Å²) in [5.74, 6) is -0.649. The lowest BCUT2D eigenvalue weighted by Gasteiger charge is -2.40. The fourth-order valence-electron chi connectivity index (χ4n) is 5.98. The third-order valence-corrected chi connectivity index (χ3v) is 8.02. The van der Waals surface area contributed by atoms with Gasteiger partial charge < -0.3 is 15.1 Å². The van der Waals surface area contributed by atoms with E-state index in [9.17, 15) is 18.8 Å². The quantitative estimate of drug-likeness (QED) is 0.452. The average Bonchev–Trinajstić information content (AvgIpc) is 3.37. The number of hydrogen-bond donors (Lipinski definition) is 1. The SMILES string of the molecule is CCC[C@@]1(C2CCN(C(=O)/C=C/c3ccccc3F)CC2)NC(=O)N(CC[C@@H]2CCCN2C)C1=O. The molecule has 1 N–H and O–H groups in total. The Morgan fingerprint density at radius 2 is 1.91 bits per heavy atom. The number of hydrogen-bond acceptors (Lipinski definition) is 4. The number of nitrogens with zero attached hydrogens (tertiary/aromatic N) is 3. The van der Waals surface area contributed by atoms with E-state index in [1.54, 1.807) is 23.1 Å². The Labute approximate surface area is 207 Å². The fourth-order valence-corrected chi connectivity index (χ4v) is 5.98. The smallest absolute Gasteiger partial charge is 0.325 e. The molecule has 3 fully saturated rings. The second-order valence-electron chi connectivity index (χ2n) is 10.1. The van der Waals surface area contributed by atoms with Gasteiger partial charge in [-0.05, 0) is 70.2 Å². The molecule has 1 aromatic rings. The van der Waals surface area contributed by atoms with E-state index in [0.29, 0.717) is 50.5 Å². The van der Waals surface area contributed by atoms with Crippen LogP contribution < -0.4 is 5.32 Å². The molecule has 0 bridgehead atoms. The highest BCUT2D eigenvalue weighted by Crippen LogP contribution is 2.37. The van der Waals surface area contributed by atoms with Crippen LogP contribution in [-0.4, -0.2) is 77.4 Å². The van der Waals surface area contributed by atoms with Crippen LogP contribution in [0.4, 0.5) is 9.18 Å². The van der Waals surface area contributed by atoms with Gasteiger partial charge in [0.05, 0.1) is 0 Å². The lowest BCUT2D eigenvalue weighted by atomic mass is 9.74. The summed E-state index contributed by atoms with van der Waals surface area (Å²) in [6.45, 7) is 4.56. The minimum atomic E-state index is -0.883. The van der Waals surface area contributed by atoms with Crippen LogP contribution in [0.5, 0.6) is 0 Å². The van der Waals surface area contributed by atoms with Crippen LogP contribution in [0, 0.1) is 11.7 Å². The lowest BCUT2D eigenvalue weighted by molar-refractivity contribution is -0.135. The molecule has 3 aliphatic rings. The van der Waals surface area contributed by atoms with Gasteiger partial charge in [-0.1, -0.05) is 31.5 Å². The van der Waals surface area contributed by atoms with Crippen LogP contribution in [0.1, 0.15) is 57.4 Å². The largest absolute Gasteiger partial charge is 0.339 e. The maximum atomic E-state index is 13.8. The first-order valence-corrected chi connectivity index (χ1v) is 12.9. The second kappa shape index (κ2) is 10.9. The molecule has 3 saturated heterocycles. The van der Waals surface area contributed by atoms with E-state index in [1.807, 2.05) is 6.92 Å². The lowest BCUT2D eigenvalue weighted by Crippen LogP contribution is -2.56. The topological polar surface area (TPSA) is 73.0 Å². The Morgan fingerprint density at radius 3 is 2.57 bits per heavy atom. The highest BCUT2D eigenvalue weighted by molar-refractivity contribution is 6.07. The number of likely N-dealkylation sites (tertiary alicyclic amines) is 2. The summed E-state index contributed by atoms with van der Waals surface area (Å²) in [6, 6.07) is 6.48. The summed E-state index contributed by atoms with van der Waals surface area (Å²) in [5.41, 5.74) is -0.508. The van der Waals surface area contributed by atoms with Crippen LogP contribution in [0.25, 0.3) is 6.08 Å². The summed E-state index contributed by atoms with van der Waals surface area (Å²) in [7, 11) is 2.10. The molecule has 8 heteroatoms. The maximum Gasteiger partial charge on any atom is 0.325 e. The molecule has 0 radical (unpaired) electrons.